The minimum atomic E-state index is -0.341. The summed E-state index contributed by atoms with van der Waals surface area (Å²) in [5.74, 6) is -0.825. The van der Waals surface area contributed by atoms with E-state index in [1.165, 1.54) is 4.90 Å². The van der Waals surface area contributed by atoms with Gasteiger partial charge in [-0.2, -0.15) is 0 Å². The molecule has 1 aliphatic heterocycles. The summed E-state index contributed by atoms with van der Waals surface area (Å²) in [6.45, 7) is 2.83. The molecule has 0 radical (unpaired) electrons. The van der Waals surface area contributed by atoms with Crippen molar-refractivity contribution >= 4 is 17.7 Å². The van der Waals surface area contributed by atoms with E-state index in [0.717, 1.165) is 0 Å². The Morgan fingerprint density at radius 1 is 1.56 bits per heavy atom. The Hall–Kier alpha value is -1.59. The second-order valence-electron chi connectivity index (χ2n) is 3.83. The van der Waals surface area contributed by atoms with E-state index in [0.29, 0.717) is 13.1 Å². The summed E-state index contributed by atoms with van der Waals surface area (Å²) in [7, 11) is 1.68. The van der Waals surface area contributed by atoms with Crippen LogP contribution in [0, 0.1) is 5.92 Å². The van der Waals surface area contributed by atoms with Crippen molar-refractivity contribution in [2.45, 2.75) is 13.3 Å². The third-order valence-electron chi connectivity index (χ3n) is 2.66. The van der Waals surface area contributed by atoms with Crippen molar-refractivity contribution in [1.29, 1.82) is 0 Å². The first-order chi connectivity index (χ1) is 7.54. The Labute approximate surface area is 94.4 Å². The van der Waals surface area contributed by atoms with Gasteiger partial charge in [0.1, 0.15) is 0 Å². The van der Waals surface area contributed by atoms with Crippen LogP contribution < -0.4 is 10.6 Å². The Morgan fingerprint density at radius 3 is 2.75 bits per heavy atom. The fourth-order valence-corrected chi connectivity index (χ4v) is 1.41. The van der Waals surface area contributed by atoms with E-state index >= 15 is 0 Å². The van der Waals surface area contributed by atoms with Crippen molar-refractivity contribution in [3.8, 4) is 0 Å². The third-order valence-corrected chi connectivity index (χ3v) is 2.66. The molecule has 0 saturated carbocycles. The molecule has 1 rings (SSSR count). The molecule has 16 heavy (non-hydrogen) atoms. The normalized spacial score (nSPS) is 19.1. The van der Waals surface area contributed by atoms with E-state index in [2.05, 4.69) is 10.6 Å². The van der Waals surface area contributed by atoms with Crippen LogP contribution in [0.2, 0.25) is 0 Å². The number of likely N-dealkylation sites (N-methyl/N-ethyl adjacent to an activating group) is 1. The van der Waals surface area contributed by atoms with Gasteiger partial charge in [0.2, 0.25) is 17.7 Å². The summed E-state index contributed by atoms with van der Waals surface area (Å²) < 4.78 is 0. The molecule has 1 atom stereocenters. The quantitative estimate of drug-likeness (QED) is 0.627. The van der Waals surface area contributed by atoms with E-state index < -0.39 is 0 Å². The van der Waals surface area contributed by atoms with E-state index in [-0.39, 0.29) is 36.6 Å². The molecule has 0 aliphatic carbocycles. The molecule has 0 bridgehead atoms. The number of nitrogens with one attached hydrogen (secondary N) is 2. The van der Waals surface area contributed by atoms with Crippen LogP contribution >= 0.6 is 0 Å². The zero-order valence-electron chi connectivity index (χ0n) is 9.58. The minimum absolute atomic E-state index is 0.00609. The fraction of sp³-hybridized carbons (Fsp3) is 0.700. The molecule has 1 heterocycles. The summed E-state index contributed by atoms with van der Waals surface area (Å²) in [4.78, 5) is 35.3. The van der Waals surface area contributed by atoms with Crippen LogP contribution in [0.4, 0.5) is 0 Å². The third kappa shape index (κ3) is 3.22. The topological polar surface area (TPSA) is 78.5 Å². The maximum atomic E-state index is 11.5. The van der Waals surface area contributed by atoms with Gasteiger partial charge in [-0.25, -0.2) is 0 Å². The van der Waals surface area contributed by atoms with E-state index in [1.54, 1.807) is 7.05 Å². The Bertz CT molecular complexity index is 304. The molecule has 0 aromatic rings. The van der Waals surface area contributed by atoms with E-state index in [9.17, 15) is 14.4 Å². The lowest BCUT2D eigenvalue weighted by Crippen LogP contribution is -2.40. The predicted octanol–water partition coefficient (Wildman–Crippen LogP) is -1.28. The maximum Gasteiger partial charge on any atom is 0.241 e. The summed E-state index contributed by atoms with van der Waals surface area (Å²) in [6, 6.07) is 0. The smallest absolute Gasteiger partial charge is 0.241 e. The molecule has 1 saturated heterocycles. The number of rotatable bonds is 4. The highest BCUT2D eigenvalue weighted by Crippen LogP contribution is 2.08. The Balaban J connectivity index is 2.30. The van der Waals surface area contributed by atoms with Gasteiger partial charge in [0.25, 0.3) is 0 Å². The number of hydrogen-bond donors (Lipinski definition) is 2. The Morgan fingerprint density at radius 2 is 2.25 bits per heavy atom. The van der Waals surface area contributed by atoms with Crippen LogP contribution in [-0.2, 0) is 14.4 Å². The zero-order chi connectivity index (χ0) is 12.1. The van der Waals surface area contributed by atoms with Crippen LogP contribution in [0.15, 0.2) is 0 Å². The van der Waals surface area contributed by atoms with Gasteiger partial charge in [0.05, 0.1) is 12.5 Å². The molecule has 2 N–H and O–H groups in total. The van der Waals surface area contributed by atoms with Gasteiger partial charge in [0, 0.05) is 26.6 Å². The molecule has 6 nitrogen and oxygen atoms in total. The number of nitrogens with zero attached hydrogens (tertiary/aromatic N) is 1. The van der Waals surface area contributed by atoms with Gasteiger partial charge in [-0.05, 0) is 6.92 Å². The van der Waals surface area contributed by atoms with Crippen LogP contribution in [0.1, 0.15) is 13.3 Å². The van der Waals surface area contributed by atoms with Gasteiger partial charge in [-0.1, -0.05) is 0 Å². The SMILES string of the molecule is CCN(C)C(=O)CNC(=O)C1CNC(=O)C1. The standard InChI is InChI=1S/C10H17N3O3/c1-3-13(2)9(15)6-12-10(16)7-4-8(14)11-5-7/h7H,3-6H2,1-2H3,(H,11,14)(H,12,16). The first kappa shape index (κ1) is 12.5. The summed E-state index contributed by atoms with van der Waals surface area (Å²) in [5.41, 5.74) is 0. The fourth-order valence-electron chi connectivity index (χ4n) is 1.41. The van der Waals surface area contributed by atoms with Gasteiger partial charge >= 0.3 is 0 Å². The summed E-state index contributed by atoms with van der Waals surface area (Å²) >= 11 is 0. The molecule has 1 aliphatic rings. The monoisotopic (exact) mass is 227 g/mol. The number of carbonyl (C=O) groups excluding carboxylic acids is 3. The lowest BCUT2D eigenvalue weighted by atomic mass is 10.1. The second kappa shape index (κ2) is 5.48. The molecule has 6 heteroatoms. The van der Waals surface area contributed by atoms with Crippen molar-refractivity contribution in [2.75, 3.05) is 26.7 Å². The van der Waals surface area contributed by atoms with Gasteiger partial charge in [-0.15, -0.1) is 0 Å². The lowest BCUT2D eigenvalue weighted by Gasteiger charge is -2.15. The first-order valence-corrected chi connectivity index (χ1v) is 5.33. The average molecular weight is 227 g/mol. The van der Waals surface area contributed by atoms with Crippen LogP contribution in [0.25, 0.3) is 0 Å². The van der Waals surface area contributed by atoms with Crippen molar-refractivity contribution in [1.82, 2.24) is 15.5 Å². The van der Waals surface area contributed by atoms with Gasteiger partial charge in [-0.3, -0.25) is 14.4 Å². The summed E-state index contributed by atoms with van der Waals surface area (Å²) in [5, 5.41) is 5.11. The largest absolute Gasteiger partial charge is 0.355 e. The van der Waals surface area contributed by atoms with E-state index in [4.69, 9.17) is 0 Å². The van der Waals surface area contributed by atoms with Crippen molar-refractivity contribution in [3.63, 3.8) is 0 Å². The molecule has 0 spiro atoms. The van der Waals surface area contributed by atoms with Gasteiger partial charge < -0.3 is 15.5 Å². The van der Waals surface area contributed by atoms with E-state index in [1.807, 2.05) is 6.92 Å². The number of amides is 3. The molecule has 90 valence electrons. The average Bonchev–Trinajstić information content (AvgIpc) is 2.71. The minimum Gasteiger partial charge on any atom is -0.355 e. The summed E-state index contributed by atoms with van der Waals surface area (Å²) in [6.07, 6.45) is 0.212. The molecule has 3 amide bonds. The molecule has 0 aromatic heterocycles. The maximum absolute atomic E-state index is 11.5. The Kier molecular flexibility index (Phi) is 4.28. The molecular formula is C10H17N3O3. The number of hydrogen-bond acceptors (Lipinski definition) is 3. The second-order valence-corrected chi connectivity index (χ2v) is 3.83. The van der Waals surface area contributed by atoms with Gasteiger partial charge in [0.15, 0.2) is 0 Å². The van der Waals surface area contributed by atoms with Crippen molar-refractivity contribution < 1.29 is 14.4 Å². The molecule has 1 fully saturated rings. The predicted molar refractivity (Wildman–Crippen MR) is 57.4 cm³/mol. The van der Waals surface area contributed by atoms with Crippen molar-refractivity contribution in [2.24, 2.45) is 5.92 Å². The molecule has 0 aromatic carbocycles. The molecule has 1 unspecified atom stereocenters. The highest BCUT2D eigenvalue weighted by molar-refractivity contribution is 5.91. The molecular weight excluding hydrogens is 210 g/mol. The van der Waals surface area contributed by atoms with Crippen molar-refractivity contribution in [3.05, 3.63) is 0 Å². The van der Waals surface area contributed by atoms with Crippen LogP contribution in [0.5, 0.6) is 0 Å². The number of carbonyl (C=O) groups is 3. The first-order valence-electron chi connectivity index (χ1n) is 5.33. The highest BCUT2D eigenvalue weighted by atomic mass is 16.2. The zero-order valence-corrected chi connectivity index (χ0v) is 9.58. The van der Waals surface area contributed by atoms with Crippen LogP contribution in [0.3, 0.4) is 0 Å². The van der Waals surface area contributed by atoms with Crippen LogP contribution in [-0.4, -0.2) is 49.3 Å². The highest BCUT2D eigenvalue weighted by Gasteiger charge is 2.27. The lowest BCUT2D eigenvalue weighted by molar-refractivity contribution is -0.132.